The van der Waals surface area contributed by atoms with Crippen molar-refractivity contribution < 1.29 is 10.2 Å². The minimum atomic E-state index is -1.50. The highest BCUT2D eigenvalue weighted by Crippen LogP contribution is 2.37. The third-order valence-corrected chi connectivity index (χ3v) is 3.71. The monoisotopic (exact) mass is 334 g/mol. The molecule has 6 nitrogen and oxygen atoms in total. The van der Waals surface area contributed by atoms with Gasteiger partial charge in [0.05, 0.1) is 5.39 Å². The molecule has 0 amide bonds. The number of allylic oxidation sites excluding steroid dienone is 1. The Hall–Kier alpha value is -1.92. The number of rotatable bonds is 2. The number of fused-ring (bicyclic) bond motifs is 1. The zero-order valence-electron chi connectivity index (χ0n) is 15.1. The molecule has 2 atom stereocenters. The highest BCUT2D eigenvalue weighted by molar-refractivity contribution is 5.86. The molecule has 6 heteroatoms. The van der Waals surface area contributed by atoms with Gasteiger partial charge in [0, 0.05) is 12.2 Å². The van der Waals surface area contributed by atoms with Crippen LogP contribution in [-0.2, 0) is 0 Å². The van der Waals surface area contributed by atoms with E-state index in [4.69, 9.17) is 15.9 Å². The van der Waals surface area contributed by atoms with Crippen molar-refractivity contribution in [1.29, 1.82) is 0 Å². The van der Waals surface area contributed by atoms with Gasteiger partial charge in [-0.05, 0) is 45.1 Å². The fourth-order valence-corrected chi connectivity index (χ4v) is 2.74. The highest BCUT2D eigenvalue weighted by atomic mass is 16.5. The summed E-state index contributed by atoms with van der Waals surface area (Å²) in [4.78, 5) is 8.36. The van der Waals surface area contributed by atoms with Crippen LogP contribution in [0.4, 0.5) is 5.82 Å². The quantitative estimate of drug-likeness (QED) is 0.578. The van der Waals surface area contributed by atoms with Gasteiger partial charge in [-0.15, -0.1) is 6.58 Å². The van der Waals surface area contributed by atoms with E-state index in [1.807, 2.05) is 19.9 Å². The second-order valence-electron chi connectivity index (χ2n) is 6.18. The van der Waals surface area contributed by atoms with E-state index >= 15 is 0 Å². The van der Waals surface area contributed by atoms with E-state index in [0.29, 0.717) is 17.8 Å². The molecule has 3 rings (SSSR count). The van der Waals surface area contributed by atoms with Crippen LogP contribution in [-0.4, -0.2) is 30.5 Å². The Morgan fingerprint density at radius 2 is 1.92 bits per heavy atom. The van der Waals surface area contributed by atoms with Gasteiger partial charge < -0.3 is 20.5 Å². The average Bonchev–Trinajstić information content (AvgIpc) is 3.14. The SMILES string of the molecule is C=CC1CCC(n2ccc3c(N)ncnc32)C1.CC.CC(C)(O)O. The summed E-state index contributed by atoms with van der Waals surface area (Å²) in [6, 6.07) is 2.52. The van der Waals surface area contributed by atoms with Gasteiger partial charge >= 0.3 is 0 Å². The largest absolute Gasteiger partial charge is 0.383 e. The number of aliphatic hydroxyl groups is 2. The summed E-state index contributed by atoms with van der Waals surface area (Å²) >= 11 is 0. The molecule has 1 aliphatic carbocycles. The van der Waals surface area contributed by atoms with Crippen molar-refractivity contribution in [2.45, 2.75) is 58.8 Å². The smallest absolute Gasteiger partial charge is 0.156 e. The van der Waals surface area contributed by atoms with Crippen LogP contribution in [0.3, 0.4) is 0 Å². The van der Waals surface area contributed by atoms with Crippen LogP contribution in [0.25, 0.3) is 11.0 Å². The predicted octanol–water partition coefficient (Wildman–Crippen LogP) is 3.27. The van der Waals surface area contributed by atoms with Crippen LogP contribution < -0.4 is 5.73 Å². The zero-order valence-corrected chi connectivity index (χ0v) is 15.1. The van der Waals surface area contributed by atoms with Crippen molar-refractivity contribution >= 4 is 16.9 Å². The Kier molecular flexibility index (Phi) is 7.38. The molecule has 2 heterocycles. The van der Waals surface area contributed by atoms with E-state index < -0.39 is 5.79 Å². The van der Waals surface area contributed by atoms with Crippen LogP contribution in [0.1, 0.15) is 53.0 Å². The lowest BCUT2D eigenvalue weighted by atomic mass is 10.1. The minimum Gasteiger partial charge on any atom is -0.383 e. The summed E-state index contributed by atoms with van der Waals surface area (Å²) in [5.41, 5.74) is 6.79. The third-order valence-electron chi connectivity index (χ3n) is 3.71. The molecule has 0 bridgehead atoms. The van der Waals surface area contributed by atoms with Crippen LogP contribution in [0.5, 0.6) is 0 Å². The number of nitrogens with two attached hydrogens (primary N) is 1. The topological polar surface area (TPSA) is 97.2 Å². The molecule has 0 saturated heterocycles. The summed E-state index contributed by atoms with van der Waals surface area (Å²) < 4.78 is 2.23. The number of hydrogen-bond donors (Lipinski definition) is 3. The molecule has 24 heavy (non-hydrogen) atoms. The summed E-state index contributed by atoms with van der Waals surface area (Å²) in [6.45, 7) is 10.5. The normalized spacial score (nSPS) is 19.9. The fourth-order valence-electron chi connectivity index (χ4n) is 2.74. The van der Waals surface area contributed by atoms with Gasteiger partial charge in [0.25, 0.3) is 0 Å². The maximum Gasteiger partial charge on any atom is 0.156 e. The first-order valence-corrected chi connectivity index (χ1v) is 8.44. The first-order chi connectivity index (χ1) is 11.3. The molecule has 0 radical (unpaired) electrons. The van der Waals surface area contributed by atoms with Gasteiger partial charge in [0.2, 0.25) is 0 Å². The van der Waals surface area contributed by atoms with Gasteiger partial charge in [-0.1, -0.05) is 19.9 Å². The summed E-state index contributed by atoms with van der Waals surface area (Å²) in [7, 11) is 0. The predicted molar refractivity (Wildman–Crippen MR) is 98.4 cm³/mol. The minimum absolute atomic E-state index is 0.518. The maximum absolute atomic E-state index is 8.08. The number of aromatic nitrogens is 3. The molecule has 4 N–H and O–H groups in total. The molecule has 2 aromatic rings. The van der Waals surface area contributed by atoms with Crippen molar-refractivity contribution in [2.24, 2.45) is 5.92 Å². The lowest BCUT2D eigenvalue weighted by molar-refractivity contribution is -0.127. The Morgan fingerprint density at radius 3 is 2.46 bits per heavy atom. The lowest BCUT2D eigenvalue weighted by Crippen LogP contribution is -2.15. The van der Waals surface area contributed by atoms with E-state index in [1.165, 1.54) is 33.0 Å². The third kappa shape index (κ3) is 5.62. The number of anilines is 1. The number of nitrogen functional groups attached to an aromatic ring is 1. The standard InChI is InChI=1S/C13H16N4.C3H8O2.C2H6/c1-2-9-3-4-10(7-9)17-6-5-11-12(14)15-8-16-13(11)17;1-3(2,4)5;1-2/h2,5-6,8-10H,1,3-4,7H2,(H2,14,15,16);4-5H,1-2H3;1-2H3. The van der Waals surface area contributed by atoms with Crippen molar-refractivity contribution in [3.8, 4) is 0 Å². The second-order valence-corrected chi connectivity index (χ2v) is 6.18. The van der Waals surface area contributed by atoms with Crippen molar-refractivity contribution in [3.05, 3.63) is 31.2 Å². The van der Waals surface area contributed by atoms with Gasteiger partial charge in [-0.25, -0.2) is 9.97 Å². The van der Waals surface area contributed by atoms with Gasteiger partial charge in [0.15, 0.2) is 5.79 Å². The van der Waals surface area contributed by atoms with Gasteiger partial charge in [-0.2, -0.15) is 0 Å². The van der Waals surface area contributed by atoms with Crippen LogP contribution >= 0.6 is 0 Å². The Bertz CT molecular complexity index is 640. The van der Waals surface area contributed by atoms with Crippen LogP contribution in [0, 0.1) is 5.92 Å². The van der Waals surface area contributed by atoms with Crippen molar-refractivity contribution in [3.63, 3.8) is 0 Å². The summed E-state index contributed by atoms with van der Waals surface area (Å²) in [5, 5.41) is 17.1. The average molecular weight is 334 g/mol. The molecule has 2 aromatic heterocycles. The Morgan fingerprint density at radius 1 is 1.29 bits per heavy atom. The first-order valence-electron chi connectivity index (χ1n) is 8.44. The molecule has 1 fully saturated rings. The molecule has 2 unspecified atom stereocenters. The fraction of sp³-hybridized carbons (Fsp3) is 0.556. The zero-order chi connectivity index (χ0) is 18.3. The molecule has 1 saturated carbocycles. The van der Waals surface area contributed by atoms with Crippen LogP contribution in [0.2, 0.25) is 0 Å². The Balaban J connectivity index is 0.000000356. The van der Waals surface area contributed by atoms with E-state index in [0.717, 1.165) is 17.5 Å². The molecular weight excluding hydrogens is 304 g/mol. The van der Waals surface area contributed by atoms with Crippen LogP contribution in [0.15, 0.2) is 31.2 Å². The van der Waals surface area contributed by atoms with Crippen molar-refractivity contribution in [2.75, 3.05) is 5.73 Å². The molecule has 0 spiro atoms. The van der Waals surface area contributed by atoms with Crippen molar-refractivity contribution in [1.82, 2.24) is 14.5 Å². The van der Waals surface area contributed by atoms with Gasteiger partial charge in [-0.3, -0.25) is 0 Å². The molecular formula is C18H30N4O2. The molecule has 0 aliphatic heterocycles. The summed E-state index contributed by atoms with van der Waals surface area (Å²) in [6.07, 6.45) is 9.23. The van der Waals surface area contributed by atoms with E-state index in [1.54, 1.807) is 0 Å². The van der Waals surface area contributed by atoms with Gasteiger partial charge in [0.1, 0.15) is 17.8 Å². The number of nitrogens with zero attached hydrogens (tertiary/aromatic N) is 3. The van der Waals surface area contributed by atoms with E-state index in [2.05, 4.69) is 33.4 Å². The second kappa shape index (κ2) is 8.80. The highest BCUT2D eigenvalue weighted by Gasteiger charge is 2.25. The van der Waals surface area contributed by atoms with E-state index in [9.17, 15) is 0 Å². The molecule has 1 aliphatic rings. The Labute approximate surface area is 144 Å². The number of hydrogen-bond acceptors (Lipinski definition) is 5. The van der Waals surface area contributed by atoms with E-state index in [-0.39, 0.29) is 0 Å². The maximum atomic E-state index is 8.08. The first kappa shape index (κ1) is 20.1. The lowest BCUT2D eigenvalue weighted by Gasteiger charge is -2.13. The molecule has 0 aromatic carbocycles. The molecule has 134 valence electrons. The summed E-state index contributed by atoms with van der Waals surface area (Å²) in [5.74, 6) is -0.302.